The van der Waals surface area contributed by atoms with Gasteiger partial charge in [-0.2, -0.15) is 0 Å². The highest BCUT2D eigenvalue weighted by Gasteiger charge is 2.36. The van der Waals surface area contributed by atoms with Crippen molar-refractivity contribution in [2.45, 2.75) is 111 Å². The first-order chi connectivity index (χ1) is 41.8. The second kappa shape index (κ2) is 28.5. The predicted octanol–water partition coefficient (Wildman–Crippen LogP) is 9.89. The number of fused-ring (bicyclic) bond motifs is 3. The molecule has 24 heteroatoms. The molecule has 0 fully saturated rings. The Balaban J connectivity index is 0.964. The summed E-state index contributed by atoms with van der Waals surface area (Å²) in [4.78, 5) is 107. The molecule has 4 amide bonds. The van der Waals surface area contributed by atoms with Crippen LogP contribution in [-0.4, -0.2) is 102 Å². The molecule has 6 aromatic carbocycles. The fraction of sp³-hybridized carbons (Fsp3) is 0.222. The lowest BCUT2D eigenvalue weighted by Gasteiger charge is -2.35. The SMILES string of the molecule is NCC(=O)NC(CCC(=O)NC(Cc1c(Sc2ccc(F)cc2)[nH]c2ccccc12)C(=O)O)(CCC(=O)NC(Cc1c(Sc2ccc(F)cc2)[nH]c2ccccc12)C(=O)O)CCC(=O)NC(Cc1c(Sc2ccc(F)cc2)[nH]c2ccccc12)C(=O)O. The third kappa shape index (κ3) is 16.3. The van der Waals surface area contributed by atoms with Crippen molar-refractivity contribution in [1.29, 1.82) is 0 Å². The molecule has 0 spiro atoms. The number of para-hydroxylation sites is 3. The van der Waals surface area contributed by atoms with Crippen LogP contribution in [0.3, 0.4) is 0 Å². The van der Waals surface area contributed by atoms with Gasteiger partial charge < -0.3 is 57.3 Å². The van der Waals surface area contributed by atoms with Crippen molar-refractivity contribution in [2.75, 3.05) is 6.54 Å². The van der Waals surface area contributed by atoms with Gasteiger partial charge in [-0.25, -0.2) is 27.6 Å². The number of carboxylic acid groups (broad SMARTS) is 3. The van der Waals surface area contributed by atoms with E-state index in [1.807, 2.05) is 0 Å². The van der Waals surface area contributed by atoms with Gasteiger partial charge in [-0.15, -0.1) is 0 Å². The van der Waals surface area contributed by atoms with Crippen LogP contribution in [0.1, 0.15) is 55.2 Å². The first-order valence-corrected chi connectivity index (χ1v) is 29.9. The van der Waals surface area contributed by atoms with Crippen molar-refractivity contribution in [1.82, 2.24) is 36.2 Å². The third-order valence-corrected chi connectivity index (χ3v) is 17.8. The van der Waals surface area contributed by atoms with Crippen molar-refractivity contribution in [3.8, 4) is 0 Å². The highest BCUT2D eigenvalue weighted by atomic mass is 32.2. The number of rotatable bonds is 29. The highest BCUT2D eigenvalue weighted by molar-refractivity contribution is 7.99. The van der Waals surface area contributed by atoms with Crippen LogP contribution in [0.15, 0.2) is 175 Å². The minimum atomic E-state index is -1.68. The molecule has 0 radical (unpaired) electrons. The summed E-state index contributed by atoms with van der Waals surface area (Å²) >= 11 is 3.71. The molecule has 12 N–H and O–H groups in total. The maximum atomic E-state index is 14.2. The Morgan fingerprint density at radius 2 is 0.701 bits per heavy atom. The number of hydrogen-bond donors (Lipinski definition) is 11. The lowest BCUT2D eigenvalue weighted by atomic mass is 9.82. The Hall–Kier alpha value is -8.97. The van der Waals surface area contributed by atoms with Crippen molar-refractivity contribution >= 4 is 110 Å². The van der Waals surface area contributed by atoms with E-state index in [4.69, 9.17) is 5.73 Å². The average Bonchev–Trinajstić information content (AvgIpc) is 2.08. The molecule has 0 aliphatic carbocycles. The predicted molar refractivity (Wildman–Crippen MR) is 324 cm³/mol. The Kier molecular flexibility index (Phi) is 20.5. The van der Waals surface area contributed by atoms with Crippen LogP contribution in [0.5, 0.6) is 0 Å². The van der Waals surface area contributed by atoms with Crippen molar-refractivity contribution in [2.24, 2.45) is 5.73 Å². The van der Waals surface area contributed by atoms with Gasteiger partial charge in [0.25, 0.3) is 0 Å². The monoisotopic (exact) mass is 1240 g/mol. The number of amides is 4. The van der Waals surface area contributed by atoms with Gasteiger partial charge in [0.15, 0.2) is 0 Å². The molecule has 450 valence electrons. The molecule has 18 nitrogen and oxygen atoms in total. The van der Waals surface area contributed by atoms with Crippen molar-refractivity contribution in [3.63, 3.8) is 0 Å². The number of carbonyl (C=O) groups is 7. The lowest BCUT2D eigenvalue weighted by molar-refractivity contribution is -0.142. The second-order valence-corrected chi connectivity index (χ2v) is 23.9. The Morgan fingerprint density at radius 3 is 0.966 bits per heavy atom. The average molecular weight is 1240 g/mol. The molecule has 9 rings (SSSR count). The quantitative estimate of drug-likeness (QED) is 0.0208. The minimum absolute atomic E-state index is 0.213. The molecular weight excluding hydrogens is 1180 g/mol. The number of nitrogens with one attached hydrogen (secondary N) is 7. The van der Waals surface area contributed by atoms with E-state index in [1.54, 1.807) is 109 Å². The highest BCUT2D eigenvalue weighted by Crippen LogP contribution is 2.39. The van der Waals surface area contributed by atoms with Crippen LogP contribution in [-0.2, 0) is 52.8 Å². The van der Waals surface area contributed by atoms with E-state index in [0.717, 1.165) is 0 Å². The standard InChI is InChI=1S/C63H59F3N8O10S3/c64-35-13-19-38(20-14-35)85-57-44(41-7-1-4-10-47(41)71-57)31-50(60(79)80)68-53(75)25-28-63(74-56(78)34-67,29-26-54(76)69-51(61(81)82)32-45-42-8-2-5-11-48(42)72-58(45)86-39-21-15-36(65)16-22-39)30-27-55(77)70-52(62(83)84)33-46-43-9-3-6-12-49(43)73-59(46)87-40-23-17-37(66)18-24-40/h1-24,50-52,71-73H,25-34,67H2,(H,68,75)(H,69,76)(H,70,77)(H,74,78)(H,79,80)(H,81,82)(H,83,84). The van der Waals surface area contributed by atoms with Gasteiger partial charge in [-0.3, -0.25) is 19.2 Å². The molecule has 3 heterocycles. The van der Waals surface area contributed by atoms with Gasteiger partial charge in [0.2, 0.25) is 23.6 Å². The third-order valence-electron chi connectivity index (χ3n) is 14.6. The molecule has 0 saturated carbocycles. The van der Waals surface area contributed by atoms with Crippen LogP contribution in [0.4, 0.5) is 13.2 Å². The molecule has 3 aromatic heterocycles. The number of benzene rings is 6. The zero-order chi connectivity index (χ0) is 61.8. The van der Waals surface area contributed by atoms with Crippen LogP contribution in [0.25, 0.3) is 32.7 Å². The van der Waals surface area contributed by atoms with Crippen molar-refractivity contribution < 1.29 is 62.1 Å². The number of carboxylic acids is 3. The van der Waals surface area contributed by atoms with E-state index in [9.17, 15) is 62.1 Å². The fourth-order valence-corrected chi connectivity index (χ4v) is 13.2. The molecule has 0 bridgehead atoms. The van der Waals surface area contributed by atoms with Crippen LogP contribution in [0.2, 0.25) is 0 Å². The first kappa shape index (κ1) is 62.6. The summed E-state index contributed by atoms with van der Waals surface area (Å²) in [5.41, 5.74) is 7.85. The summed E-state index contributed by atoms with van der Waals surface area (Å²) in [6, 6.07) is 34.1. The number of aromatic nitrogens is 3. The van der Waals surface area contributed by atoms with E-state index < -0.39 is 108 Å². The van der Waals surface area contributed by atoms with Crippen LogP contribution in [0, 0.1) is 17.5 Å². The molecule has 87 heavy (non-hydrogen) atoms. The van der Waals surface area contributed by atoms with Crippen LogP contribution >= 0.6 is 35.3 Å². The molecule has 3 unspecified atom stereocenters. The fourth-order valence-electron chi connectivity index (χ4n) is 10.2. The number of nitrogens with two attached hydrogens (primary N) is 1. The summed E-state index contributed by atoms with van der Waals surface area (Å²) in [6.07, 6.45) is -3.13. The second-order valence-electron chi connectivity index (χ2n) is 20.6. The van der Waals surface area contributed by atoms with Crippen molar-refractivity contribution in [3.05, 3.63) is 180 Å². The normalized spacial score (nSPS) is 13.1. The number of aliphatic carboxylic acids is 3. The van der Waals surface area contributed by atoms with Gasteiger partial charge in [-0.05, 0) is 127 Å². The van der Waals surface area contributed by atoms with Gasteiger partial charge in [0, 0.05) is 91.5 Å². The zero-order valence-electron chi connectivity index (χ0n) is 46.3. The van der Waals surface area contributed by atoms with Gasteiger partial charge in [-0.1, -0.05) is 89.9 Å². The smallest absolute Gasteiger partial charge is 0.326 e. The largest absolute Gasteiger partial charge is 0.480 e. The molecule has 9 aromatic rings. The van der Waals surface area contributed by atoms with Gasteiger partial charge in [0.05, 0.1) is 21.6 Å². The van der Waals surface area contributed by atoms with E-state index in [-0.39, 0.29) is 38.5 Å². The molecule has 3 atom stereocenters. The van der Waals surface area contributed by atoms with E-state index in [2.05, 4.69) is 36.2 Å². The zero-order valence-corrected chi connectivity index (χ0v) is 48.7. The molecule has 0 saturated heterocycles. The Bertz CT molecular complexity index is 3600. The molecule has 0 aliphatic heterocycles. The van der Waals surface area contributed by atoms with Gasteiger partial charge >= 0.3 is 17.9 Å². The summed E-state index contributed by atoms with van der Waals surface area (Å²) in [5.74, 6) is -8.65. The number of carbonyl (C=O) groups excluding carboxylic acids is 4. The minimum Gasteiger partial charge on any atom is -0.480 e. The number of aromatic amines is 3. The molecular formula is C63H59F3N8O10S3. The van der Waals surface area contributed by atoms with Crippen LogP contribution < -0.4 is 27.0 Å². The maximum Gasteiger partial charge on any atom is 0.326 e. The maximum absolute atomic E-state index is 14.2. The summed E-state index contributed by atoms with van der Waals surface area (Å²) in [7, 11) is 0. The summed E-state index contributed by atoms with van der Waals surface area (Å²) < 4.78 is 41.6. The van der Waals surface area contributed by atoms with E-state index >= 15 is 0 Å². The lowest BCUT2D eigenvalue weighted by Crippen LogP contribution is -2.53. The topological polar surface area (TPSA) is 302 Å². The Labute approximate surface area is 508 Å². The summed E-state index contributed by atoms with van der Waals surface area (Å²) in [6.45, 7) is -0.593. The molecule has 0 aliphatic rings. The summed E-state index contributed by atoms with van der Waals surface area (Å²) in [5, 5.41) is 46.1. The van der Waals surface area contributed by atoms with E-state index in [0.29, 0.717) is 79.2 Å². The van der Waals surface area contributed by atoms with Gasteiger partial charge in [0.1, 0.15) is 35.6 Å². The van der Waals surface area contributed by atoms with E-state index in [1.165, 1.54) is 71.7 Å². The number of H-pyrrole nitrogens is 3. The number of halogens is 3. The number of hydrogen-bond acceptors (Lipinski definition) is 11. The first-order valence-electron chi connectivity index (χ1n) is 27.5. The Morgan fingerprint density at radius 1 is 0.425 bits per heavy atom.